The highest BCUT2D eigenvalue weighted by Crippen LogP contribution is 2.20. The normalized spacial score (nSPS) is 11.7. The van der Waals surface area contributed by atoms with Gasteiger partial charge in [0.25, 0.3) is 10.0 Å². The molecule has 0 saturated heterocycles. The summed E-state index contributed by atoms with van der Waals surface area (Å²) in [6.45, 7) is -0.466. The van der Waals surface area contributed by atoms with Gasteiger partial charge in [-0.3, -0.25) is 9.52 Å². The van der Waals surface area contributed by atoms with E-state index in [0.717, 1.165) is 8.61 Å². The smallest absolute Gasteiger partial charge is 0.304 e. The van der Waals surface area contributed by atoms with Crippen LogP contribution in [0, 0.1) is 0 Å². The van der Waals surface area contributed by atoms with Crippen LogP contribution in [0.4, 0.5) is 17.2 Å². The number of rotatable bonds is 9. The van der Waals surface area contributed by atoms with Gasteiger partial charge in [0.05, 0.1) is 10.6 Å². The fraction of sp³-hybridized carbons (Fsp3) is 0.143. The number of carbonyl (C=O) groups is 1. The monoisotopic (exact) mass is 489 g/mol. The van der Waals surface area contributed by atoms with Gasteiger partial charge in [-0.15, -0.1) is 0 Å². The van der Waals surface area contributed by atoms with Gasteiger partial charge in [0.15, 0.2) is 0 Å². The zero-order chi connectivity index (χ0) is 24.1. The van der Waals surface area contributed by atoms with E-state index in [-0.39, 0.29) is 10.7 Å². The van der Waals surface area contributed by atoms with Crippen molar-refractivity contribution in [1.29, 1.82) is 0 Å². The van der Waals surface area contributed by atoms with Gasteiger partial charge in [-0.1, -0.05) is 24.3 Å². The SMILES string of the molecule is CN(C)S(=O)(=O)N(CC(=O)Nc1ccc(S(=O)(=O)Nc2ccccn2)cc1)c1ccccc1. The molecule has 3 aromatic rings. The molecule has 33 heavy (non-hydrogen) atoms. The van der Waals surface area contributed by atoms with E-state index in [0.29, 0.717) is 11.4 Å². The number of anilines is 3. The van der Waals surface area contributed by atoms with Crippen LogP contribution in [0.25, 0.3) is 0 Å². The number of sulfonamides is 1. The van der Waals surface area contributed by atoms with Crippen molar-refractivity contribution in [3.05, 3.63) is 79.0 Å². The highest BCUT2D eigenvalue weighted by atomic mass is 32.2. The molecular formula is C21H23N5O5S2. The fourth-order valence-electron chi connectivity index (χ4n) is 2.77. The summed E-state index contributed by atoms with van der Waals surface area (Å²) in [5, 5.41) is 2.59. The molecule has 0 aliphatic rings. The Morgan fingerprint density at radius 1 is 0.879 bits per heavy atom. The molecule has 1 amide bonds. The van der Waals surface area contributed by atoms with Gasteiger partial charge in [-0.05, 0) is 48.5 Å². The molecule has 10 nitrogen and oxygen atoms in total. The standard InChI is InChI=1S/C21H23N5O5S2/c1-25(2)33(30,31)26(18-8-4-3-5-9-18)16-21(27)23-17-11-13-19(14-12-17)32(28,29)24-20-10-6-7-15-22-20/h3-15H,16H2,1-2H3,(H,22,24)(H,23,27). The van der Waals surface area contributed by atoms with Crippen molar-refractivity contribution in [3.63, 3.8) is 0 Å². The first kappa shape index (κ1) is 24.2. The van der Waals surface area contributed by atoms with E-state index in [1.807, 2.05) is 0 Å². The molecule has 0 fully saturated rings. The van der Waals surface area contributed by atoms with Crippen molar-refractivity contribution in [1.82, 2.24) is 9.29 Å². The fourth-order valence-corrected chi connectivity index (χ4v) is 4.84. The molecule has 0 aliphatic heterocycles. The molecule has 0 atom stereocenters. The quantitative estimate of drug-likeness (QED) is 0.474. The Morgan fingerprint density at radius 3 is 2.09 bits per heavy atom. The van der Waals surface area contributed by atoms with Crippen molar-refractivity contribution >= 4 is 43.3 Å². The Balaban J connectivity index is 1.73. The first-order valence-corrected chi connectivity index (χ1v) is 12.6. The minimum atomic E-state index is -3.92. The van der Waals surface area contributed by atoms with Crippen LogP contribution < -0.4 is 14.3 Å². The molecule has 0 radical (unpaired) electrons. The molecule has 0 saturated carbocycles. The van der Waals surface area contributed by atoms with Gasteiger partial charge in [0, 0.05) is 26.0 Å². The Kier molecular flexibility index (Phi) is 7.31. The van der Waals surface area contributed by atoms with Crippen molar-refractivity contribution in [2.24, 2.45) is 0 Å². The number of amides is 1. The largest absolute Gasteiger partial charge is 0.325 e. The number of hydrogen-bond donors (Lipinski definition) is 2. The Bertz CT molecular complexity index is 1300. The minimum Gasteiger partial charge on any atom is -0.325 e. The molecule has 0 aliphatic carbocycles. The van der Waals surface area contributed by atoms with E-state index in [1.54, 1.807) is 42.5 Å². The molecule has 2 N–H and O–H groups in total. The number of pyridine rings is 1. The van der Waals surface area contributed by atoms with Crippen LogP contribution in [0.5, 0.6) is 0 Å². The predicted octanol–water partition coefficient (Wildman–Crippen LogP) is 2.13. The first-order valence-electron chi connectivity index (χ1n) is 9.68. The third kappa shape index (κ3) is 6.06. The lowest BCUT2D eigenvalue weighted by atomic mass is 10.3. The second kappa shape index (κ2) is 9.98. The lowest BCUT2D eigenvalue weighted by Gasteiger charge is -2.26. The molecule has 2 aromatic carbocycles. The Hall–Kier alpha value is -3.48. The summed E-state index contributed by atoms with van der Waals surface area (Å²) in [7, 11) is -5.03. The molecule has 3 rings (SSSR count). The van der Waals surface area contributed by atoms with Crippen LogP contribution in [-0.4, -0.2) is 52.7 Å². The number of carbonyl (C=O) groups excluding carboxylic acids is 1. The van der Waals surface area contributed by atoms with Crippen LogP contribution in [-0.2, 0) is 25.0 Å². The van der Waals surface area contributed by atoms with Crippen LogP contribution in [0.2, 0.25) is 0 Å². The predicted molar refractivity (Wildman–Crippen MR) is 127 cm³/mol. The van der Waals surface area contributed by atoms with Crippen molar-refractivity contribution in [2.45, 2.75) is 4.90 Å². The second-order valence-corrected chi connectivity index (χ2v) is 10.8. The number of nitrogens with one attached hydrogen (secondary N) is 2. The summed E-state index contributed by atoms with van der Waals surface area (Å²) in [5.41, 5.74) is 0.649. The maximum absolute atomic E-state index is 12.7. The zero-order valence-corrected chi connectivity index (χ0v) is 19.5. The zero-order valence-electron chi connectivity index (χ0n) is 17.9. The second-order valence-electron chi connectivity index (χ2n) is 7.03. The molecule has 0 spiro atoms. The summed E-state index contributed by atoms with van der Waals surface area (Å²) in [5.74, 6) is -0.413. The van der Waals surface area contributed by atoms with Crippen molar-refractivity contribution in [3.8, 4) is 0 Å². The lowest BCUT2D eigenvalue weighted by Crippen LogP contribution is -2.44. The number of aromatic nitrogens is 1. The topological polar surface area (TPSA) is 129 Å². The Labute approximate surface area is 193 Å². The number of hydrogen-bond acceptors (Lipinski definition) is 6. The summed E-state index contributed by atoms with van der Waals surface area (Å²) < 4.78 is 54.8. The highest BCUT2D eigenvalue weighted by molar-refractivity contribution is 7.92. The van der Waals surface area contributed by atoms with Crippen molar-refractivity contribution in [2.75, 3.05) is 35.0 Å². The minimum absolute atomic E-state index is 0.0211. The summed E-state index contributed by atoms with van der Waals surface area (Å²) >= 11 is 0. The maximum Gasteiger partial charge on any atom is 0.304 e. The van der Waals surface area contributed by atoms with E-state index in [1.165, 1.54) is 50.6 Å². The van der Waals surface area contributed by atoms with Gasteiger partial charge in [0.2, 0.25) is 5.91 Å². The molecule has 1 heterocycles. The molecule has 12 heteroatoms. The average Bonchev–Trinajstić information content (AvgIpc) is 2.78. The van der Waals surface area contributed by atoms with E-state index >= 15 is 0 Å². The number of benzene rings is 2. The maximum atomic E-state index is 12.7. The van der Waals surface area contributed by atoms with Crippen LogP contribution in [0.3, 0.4) is 0 Å². The number of nitrogens with zero attached hydrogens (tertiary/aromatic N) is 3. The van der Waals surface area contributed by atoms with E-state index in [4.69, 9.17) is 0 Å². The summed E-state index contributed by atoms with van der Waals surface area (Å²) in [4.78, 5) is 16.5. The molecule has 0 unspecified atom stereocenters. The van der Waals surface area contributed by atoms with Gasteiger partial charge in [-0.2, -0.15) is 12.7 Å². The average molecular weight is 490 g/mol. The Morgan fingerprint density at radius 2 is 1.52 bits per heavy atom. The van der Waals surface area contributed by atoms with E-state index in [2.05, 4.69) is 15.0 Å². The number of para-hydroxylation sites is 1. The molecule has 174 valence electrons. The van der Waals surface area contributed by atoms with Gasteiger partial charge in [0.1, 0.15) is 12.4 Å². The van der Waals surface area contributed by atoms with Crippen LogP contribution >= 0.6 is 0 Å². The third-order valence-corrected chi connectivity index (χ3v) is 7.61. The van der Waals surface area contributed by atoms with E-state index in [9.17, 15) is 21.6 Å². The molecule has 0 bridgehead atoms. The van der Waals surface area contributed by atoms with Gasteiger partial charge >= 0.3 is 10.2 Å². The van der Waals surface area contributed by atoms with Gasteiger partial charge in [-0.25, -0.2) is 17.7 Å². The van der Waals surface area contributed by atoms with E-state index < -0.39 is 32.7 Å². The third-order valence-electron chi connectivity index (χ3n) is 4.42. The summed E-state index contributed by atoms with van der Waals surface area (Å²) in [6, 6.07) is 18.6. The first-order chi connectivity index (χ1) is 15.6. The molecular weight excluding hydrogens is 466 g/mol. The highest BCUT2D eigenvalue weighted by Gasteiger charge is 2.27. The molecule has 1 aromatic heterocycles. The van der Waals surface area contributed by atoms with Crippen LogP contribution in [0.1, 0.15) is 0 Å². The van der Waals surface area contributed by atoms with Crippen LogP contribution in [0.15, 0.2) is 83.9 Å². The lowest BCUT2D eigenvalue weighted by molar-refractivity contribution is -0.114. The summed E-state index contributed by atoms with van der Waals surface area (Å²) in [6.07, 6.45) is 1.46. The van der Waals surface area contributed by atoms with Crippen molar-refractivity contribution < 1.29 is 21.6 Å². The van der Waals surface area contributed by atoms with Gasteiger partial charge < -0.3 is 5.32 Å².